The quantitative estimate of drug-likeness (QED) is 0.643. The van der Waals surface area contributed by atoms with Crippen molar-refractivity contribution in [2.24, 2.45) is 0 Å². The maximum absolute atomic E-state index is 11.6. The van der Waals surface area contributed by atoms with Crippen LogP contribution >= 0.6 is 11.3 Å². The van der Waals surface area contributed by atoms with Gasteiger partial charge < -0.3 is 15.7 Å². The molecule has 1 aliphatic rings. The molecule has 1 aromatic heterocycles. The second-order valence-corrected chi connectivity index (χ2v) is 7.04. The Labute approximate surface area is 136 Å². The largest absolute Gasteiger partial charge is 0.391 e. The average Bonchev–Trinajstić information content (AvgIpc) is 2.92. The SMILES string of the molecule is CCCC(O)CNC(=O)NCCCc1nc2c(s1)CCCC2. The van der Waals surface area contributed by atoms with E-state index in [0.717, 1.165) is 32.1 Å². The molecule has 6 heteroatoms. The predicted octanol–water partition coefficient (Wildman–Crippen LogP) is 2.41. The number of nitrogens with zero attached hydrogens (tertiary/aromatic N) is 1. The van der Waals surface area contributed by atoms with Crippen molar-refractivity contribution in [3.8, 4) is 0 Å². The van der Waals surface area contributed by atoms with Crippen molar-refractivity contribution < 1.29 is 9.90 Å². The fourth-order valence-electron chi connectivity index (χ4n) is 2.66. The van der Waals surface area contributed by atoms with Gasteiger partial charge in [-0.2, -0.15) is 0 Å². The van der Waals surface area contributed by atoms with E-state index in [1.807, 2.05) is 18.3 Å². The standard InChI is InChI=1S/C16H27N3O2S/c1-2-6-12(20)11-18-16(21)17-10-5-9-15-19-13-7-3-4-8-14(13)22-15/h12,20H,2-11H2,1H3,(H2,17,18,21). The normalized spacial score (nSPS) is 15.2. The van der Waals surface area contributed by atoms with Gasteiger partial charge in [0.1, 0.15) is 0 Å². The summed E-state index contributed by atoms with van der Waals surface area (Å²) in [5.41, 5.74) is 1.31. The fourth-order valence-corrected chi connectivity index (χ4v) is 3.86. The first-order valence-electron chi connectivity index (χ1n) is 8.36. The third-order valence-electron chi connectivity index (χ3n) is 3.86. The van der Waals surface area contributed by atoms with Crippen LogP contribution in [-0.2, 0) is 19.3 Å². The number of carbonyl (C=O) groups is 1. The number of carbonyl (C=O) groups excluding carboxylic acids is 1. The van der Waals surface area contributed by atoms with Gasteiger partial charge in [0.15, 0.2) is 0 Å². The first-order valence-corrected chi connectivity index (χ1v) is 9.18. The van der Waals surface area contributed by atoms with Gasteiger partial charge in [-0.05, 0) is 38.5 Å². The molecule has 0 radical (unpaired) electrons. The zero-order valence-electron chi connectivity index (χ0n) is 13.4. The molecular formula is C16H27N3O2S. The van der Waals surface area contributed by atoms with Crippen LogP contribution in [0.1, 0.15) is 54.6 Å². The average molecular weight is 325 g/mol. The van der Waals surface area contributed by atoms with Crippen LogP contribution in [0.4, 0.5) is 4.79 Å². The first-order chi connectivity index (χ1) is 10.7. The minimum absolute atomic E-state index is 0.200. The van der Waals surface area contributed by atoms with Gasteiger partial charge in [-0.1, -0.05) is 13.3 Å². The topological polar surface area (TPSA) is 74.2 Å². The van der Waals surface area contributed by atoms with Crippen molar-refractivity contribution in [1.82, 2.24) is 15.6 Å². The van der Waals surface area contributed by atoms with Crippen molar-refractivity contribution >= 4 is 17.4 Å². The molecule has 2 rings (SSSR count). The molecule has 0 spiro atoms. The molecule has 3 N–H and O–H groups in total. The Kier molecular flexibility index (Phi) is 7.12. The highest BCUT2D eigenvalue weighted by molar-refractivity contribution is 7.11. The van der Waals surface area contributed by atoms with Gasteiger partial charge in [-0.15, -0.1) is 11.3 Å². The molecule has 0 bridgehead atoms. The number of hydrogen-bond acceptors (Lipinski definition) is 4. The van der Waals surface area contributed by atoms with E-state index in [0.29, 0.717) is 13.1 Å². The van der Waals surface area contributed by atoms with E-state index in [2.05, 4.69) is 10.6 Å². The summed E-state index contributed by atoms with van der Waals surface area (Å²) in [7, 11) is 0. The van der Waals surface area contributed by atoms with Gasteiger partial charge in [-0.25, -0.2) is 9.78 Å². The number of aliphatic hydroxyl groups excluding tert-OH is 1. The van der Waals surface area contributed by atoms with E-state index in [1.165, 1.54) is 34.8 Å². The summed E-state index contributed by atoms with van der Waals surface area (Å²) in [4.78, 5) is 17.7. The molecule has 1 unspecified atom stereocenters. The number of rotatable bonds is 8. The molecule has 0 saturated heterocycles. The molecule has 0 aliphatic heterocycles. The number of nitrogens with one attached hydrogen (secondary N) is 2. The number of thiazole rings is 1. The molecule has 124 valence electrons. The van der Waals surface area contributed by atoms with Gasteiger partial charge in [0.05, 0.1) is 16.8 Å². The van der Waals surface area contributed by atoms with Gasteiger partial charge >= 0.3 is 6.03 Å². The number of aryl methyl sites for hydroxylation is 3. The molecule has 22 heavy (non-hydrogen) atoms. The van der Waals surface area contributed by atoms with Crippen LogP contribution in [-0.4, -0.2) is 35.3 Å². The van der Waals surface area contributed by atoms with E-state index in [-0.39, 0.29) is 6.03 Å². The Morgan fingerprint density at radius 3 is 2.95 bits per heavy atom. The third-order valence-corrected chi connectivity index (χ3v) is 5.08. The summed E-state index contributed by atoms with van der Waals surface area (Å²) < 4.78 is 0. The number of aromatic nitrogens is 1. The molecule has 0 fully saturated rings. The molecular weight excluding hydrogens is 298 g/mol. The Hall–Kier alpha value is -1.14. The van der Waals surface area contributed by atoms with Crippen LogP contribution in [0, 0.1) is 0 Å². The minimum atomic E-state index is -0.447. The van der Waals surface area contributed by atoms with Crippen molar-refractivity contribution in [1.29, 1.82) is 0 Å². The second-order valence-electron chi connectivity index (χ2n) is 5.87. The molecule has 1 heterocycles. The lowest BCUT2D eigenvalue weighted by atomic mass is 10.0. The summed E-state index contributed by atoms with van der Waals surface area (Å²) in [6.07, 6.45) is 7.89. The Balaban J connectivity index is 1.58. The number of hydrogen-bond donors (Lipinski definition) is 3. The molecule has 2 amide bonds. The maximum atomic E-state index is 11.6. The highest BCUT2D eigenvalue weighted by Crippen LogP contribution is 2.27. The monoisotopic (exact) mass is 325 g/mol. The van der Waals surface area contributed by atoms with Crippen LogP contribution in [0.25, 0.3) is 0 Å². The van der Waals surface area contributed by atoms with Crippen LogP contribution in [0.2, 0.25) is 0 Å². The van der Waals surface area contributed by atoms with Gasteiger partial charge in [0.2, 0.25) is 0 Å². The number of fused-ring (bicyclic) bond motifs is 1. The first kappa shape index (κ1) is 17.2. The Morgan fingerprint density at radius 1 is 1.36 bits per heavy atom. The van der Waals surface area contributed by atoms with Gasteiger partial charge in [0, 0.05) is 24.4 Å². The van der Waals surface area contributed by atoms with E-state index < -0.39 is 6.10 Å². The predicted molar refractivity (Wildman–Crippen MR) is 89.4 cm³/mol. The van der Waals surface area contributed by atoms with Crippen LogP contribution in [0.5, 0.6) is 0 Å². The molecule has 0 aromatic carbocycles. The van der Waals surface area contributed by atoms with Crippen LogP contribution in [0.15, 0.2) is 0 Å². The number of amides is 2. The summed E-state index contributed by atoms with van der Waals surface area (Å²) in [6, 6.07) is -0.200. The molecule has 0 saturated carbocycles. The maximum Gasteiger partial charge on any atom is 0.314 e. The zero-order chi connectivity index (χ0) is 15.8. The van der Waals surface area contributed by atoms with E-state index in [9.17, 15) is 9.90 Å². The van der Waals surface area contributed by atoms with Crippen molar-refractivity contribution in [2.75, 3.05) is 13.1 Å². The number of urea groups is 1. The van der Waals surface area contributed by atoms with Crippen molar-refractivity contribution in [3.63, 3.8) is 0 Å². The summed E-state index contributed by atoms with van der Waals surface area (Å²) >= 11 is 1.84. The lowest BCUT2D eigenvalue weighted by Gasteiger charge is -2.11. The minimum Gasteiger partial charge on any atom is -0.391 e. The highest BCUT2D eigenvalue weighted by atomic mass is 32.1. The van der Waals surface area contributed by atoms with Crippen molar-refractivity contribution in [3.05, 3.63) is 15.6 Å². The Morgan fingerprint density at radius 2 is 2.18 bits per heavy atom. The zero-order valence-corrected chi connectivity index (χ0v) is 14.2. The molecule has 1 aliphatic carbocycles. The highest BCUT2D eigenvalue weighted by Gasteiger charge is 2.14. The van der Waals surface area contributed by atoms with Gasteiger partial charge in [-0.3, -0.25) is 0 Å². The second kappa shape index (κ2) is 9.10. The van der Waals surface area contributed by atoms with E-state index in [1.54, 1.807) is 0 Å². The van der Waals surface area contributed by atoms with Crippen molar-refractivity contribution in [2.45, 2.75) is 64.4 Å². The summed E-state index contributed by atoms with van der Waals surface area (Å²) in [5.74, 6) is 0. The van der Waals surface area contributed by atoms with Crippen LogP contribution < -0.4 is 10.6 Å². The number of aliphatic hydroxyl groups is 1. The summed E-state index contributed by atoms with van der Waals surface area (Å²) in [6.45, 7) is 2.97. The molecule has 1 atom stereocenters. The smallest absolute Gasteiger partial charge is 0.314 e. The summed E-state index contributed by atoms with van der Waals surface area (Å²) in [5, 5.41) is 16.3. The van der Waals surface area contributed by atoms with E-state index in [4.69, 9.17) is 4.98 Å². The lowest BCUT2D eigenvalue weighted by Crippen LogP contribution is -2.40. The lowest BCUT2D eigenvalue weighted by molar-refractivity contribution is 0.160. The molecule has 1 aromatic rings. The van der Waals surface area contributed by atoms with Crippen LogP contribution in [0.3, 0.4) is 0 Å². The fraction of sp³-hybridized carbons (Fsp3) is 0.750. The van der Waals surface area contributed by atoms with E-state index >= 15 is 0 Å². The Bertz CT molecular complexity index is 452. The van der Waals surface area contributed by atoms with Gasteiger partial charge in [0.25, 0.3) is 0 Å². The third kappa shape index (κ3) is 5.57. The molecule has 5 nitrogen and oxygen atoms in total.